The molecule has 0 aliphatic heterocycles. The molecule has 1 aromatic rings. The molecule has 0 aliphatic carbocycles. The number of methoxy groups -OCH3 is 1. The minimum absolute atomic E-state index is 0.331. The highest BCUT2D eigenvalue weighted by molar-refractivity contribution is 9.10. The molecule has 96 valence electrons. The van der Waals surface area contributed by atoms with Crippen LogP contribution in [0.3, 0.4) is 0 Å². The minimum Gasteiger partial charge on any atom is -0.383 e. The summed E-state index contributed by atoms with van der Waals surface area (Å²) in [7, 11) is 1.74. The summed E-state index contributed by atoms with van der Waals surface area (Å²) in [5.41, 5.74) is 3.71. The van der Waals surface area contributed by atoms with E-state index < -0.39 is 0 Å². The van der Waals surface area contributed by atoms with Crippen molar-refractivity contribution < 1.29 is 4.74 Å². The van der Waals surface area contributed by atoms with Crippen molar-refractivity contribution in [1.29, 1.82) is 0 Å². The summed E-state index contributed by atoms with van der Waals surface area (Å²) in [5.74, 6) is 0.530. The Balaban J connectivity index is 2.93. The van der Waals surface area contributed by atoms with Crippen molar-refractivity contribution in [1.82, 2.24) is 0 Å². The third-order valence-electron chi connectivity index (χ3n) is 2.91. The summed E-state index contributed by atoms with van der Waals surface area (Å²) in [6, 6.07) is 4.66. The van der Waals surface area contributed by atoms with Gasteiger partial charge in [0, 0.05) is 11.6 Å². The quantitative estimate of drug-likeness (QED) is 0.882. The maximum atomic E-state index is 5.26. The van der Waals surface area contributed by atoms with Crippen LogP contribution in [0.5, 0.6) is 0 Å². The third-order valence-corrected chi connectivity index (χ3v) is 3.54. The zero-order valence-corrected chi connectivity index (χ0v) is 12.9. The van der Waals surface area contributed by atoms with Gasteiger partial charge in [-0.3, -0.25) is 0 Å². The molecule has 0 heterocycles. The van der Waals surface area contributed by atoms with E-state index in [1.54, 1.807) is 7.11 Å². The molecular weight excluding hydrogens is 278 g/mol. The monoisotopic (exact) mass is 299 g/mol. The van der Waals surface area contributed by atoms with Gasteiger partial charge in [-0.15, -0.1) is 0 Å². The van der Waals surface area contributed by atoms with Gasteiger partial charge in [0.2, 0.25) is 0 Å². The molecule has 1 atom stereocenters. The van der Waals surface area contributed by atoms with Gasteiger partial charge in [-0.25, -0.2) is 0 Å². The first kappa shape index (κ1) is 14.5. The molecular formula is C14H22BrNO. The number of ether oxygens (including phenoxy) is 1. The van der Waals surface area contributed by atoms with Crippen molar-refractivity contribution in [3.05, 3.63) is 27.7 Å². The van der Waals surface area contributed by atoms with Gasteiger partial charge in [-0.2, -0.15) is 0 Å². The topological polar surface area (TPSA) is 21.3 Å². The second-order valence-electron chi connectivity index (χ2n) is 4.89. The van der Waals surface area contributed by atoms with Gasteiger partial charge in [0.05, 0.1) is 18.3 Å². The Hall–Kier alpha value is -0.540. The molecule has 0 spiro atoms. The van der Waals surface area contributed by atoms with Crippen molar-refractivity contribution in [2.75, 3.05) is 19.0 Å². The molecule has 0 aliphatic rings. The first-order chi connectivity index (χ1) is 7.95. The molecule has 3 heteroatoms. The number of rotatable bonds is 5. The number of benzene rings is 1. The van der Waals surface area contributed by atoms with Crippen molar-refractivity contribution in [3.63, 3.8) is 0 Å². The second kappa shape index (κ2) is 6.41. The van der Waals surface area contributed by atoms with Crippen molar-refractivity contribution >= 4 is 21.6 Å². The fraction of sp³-hybridized carbons (Fsp3) is 0.571. The van der Waals surface area contributed by atoms with Crippen LogP contribution in [-0.4, -0.2) is 19.8 Å². The van der Waals surface area contributed by atoms with Crippen LogP contribution in [0.4, 0.5) is 5.69 Å². The fourth-order valence-corrected chi connectivity index (χ4v) is 2.65. The summed E-state index contributed by atoms with van der Waals surface area (Å²) in [5, 5.41) is 3.57. The molecule has 0 fully saturated rings. The average Bonchev–Trinajstić information content (AvgIpc) is 2.21. The molecule has 2 nitrogen and oxygen atoms in total. The van der Waals surface area contributed by atoms with E-state index in [0.717, 1.165) is 11.1 Å². The van der Waals surface area contributed by atoms with Gasteiger partial charge in [-0.05, 0) is 52.9 Å². The van der Waals surface area contributed by atoms with Crippen LogP contribution in [0.25, 0.3) is 0 Å². The van der Waals surface area contributed by atoms with Gasteiger partial charge < -0.3 is 10.1 Å². The number of halogens is 1. The zero-order chi connectivity index (χ0) is 13.0. The molecule has 0 bridgehead atoms. The Morgan fingerprint density at radius 3 is 2.41 bits per heavy atom. The Morgan fingerprint density at radius 2 is 1.94 bits per heavy atom. The van der Waals surface area contributed by atoms with Crippen molar-refractivity contribution in [2.45, 2.75) is 33.7 Å². The summed E-state index contributed by atoms with van der Waals surface area (Å²) >= 11 is 3.62. The fourth-order valence-electron chi connectivity index (χ4n) is 1.86. The molecule has 0 saturated heterocycles. The van der Waals surface area contributed by atoms with E-state index in [9.17, 15) is 0 Å². The second-order valence-corrected chi connectivity index (χ2v) is 5.74. The van der Waals surface area contributed by atoms with Gasteiger partial charge in [-0.1, -0.05) is 19.9 Å². The Labute approximate surface area is 113 Å². The standard InChI is InChI=1S/C14H22BrNO/c1-9(2)13(8-17-5)16-14-11(4)6-10(3)7-12(14)15/h6-7,9,13,16H,8H2,1-5H3. The lowest BCUT2D eigenvalue weighted by Gasteiger charge is -2.24. The smallest absolute Gasteiger partial charge is 0.0666 e. The number of hydrogen-bond donors (Lipinski definition) is 1. The predicted octanol–water partition coefficient (Wildman–Crippen LogP) is 4.15. The highest BCUT2D eigenvalue weighted by Gasteiger charge is 2.15. The zero-order valence-electron chi connectivity index (χ0n) is 11.3. The summed E-state index contributed by atoms with van der Waals surface area (Å²) in [6.45, 7) is 9.36. The SMILES string of the molecule is COCC(Nc1c(C)cc(C)cc1Br)C(C)C. The van der Waals surface area contributed by atoms with E-state index >= 15 is 0 Å². The molecule has 1 unspecified atom stereocenters. The average molecular weight is 300 g/mol. The van der Waals surface area contributed by atoms with Crippen LogP contribution in [0.2, 0.25) is 0 Å². The van der Waals surface area contributed by atoms with E-state index in [4.69, 9.17) is 4.74 Å². The van der Waals surface area contributed by atoms with E-state index in [-0.39, 0.29) is 0 Å². The van der Waals surface area contributed by atoms with Gasteiger partial charge >= 0.3 is 0 Å². The lowest BCUT2D eigenvalue weighted by Crippen LogP contribution is -2.30. The van der Waals surface area contributed by atoms with E-state index in [1.165, 1.54) is 16.8 Å². The van der Waals surface area contributed by atoms with Crippen molar-refractivity contribution in [3.8, 4) is 0 Å². The molecule has 0 radical (unpaired) electrons. The van der Waals surface area contributed by atoms with E-state index in [2.05, 4.69) is 61.1 Å². The van der Waals surface area contributed by atoms with Crippen LogP contribution >= 0.6 is 15.9 Å². The van der Waals surface area contributed by atoms with E-state index in [1.807, 2.05) is 0 Å². The maximum absolute atomic E-state index is 5.26. The molecule has 0 saturated carbocycles. The van der Waals surface area contributed by atoms with Gasteiger partial charge in [0.1, 0.15) is 0 Å². The Kier molecular flexibility index (Phi) is 5.47. The van der Waals surface area contributed by atoms with Gasteiger partial charge in [0.15, 0.2) is 0 Å². The highest BCUT2D eigenvalue weighted by atomic mass is 79.9. The van der Waals surface area contributed by atoms with Gasteiger partial charge in [0.25, 0.3) is 0 Å². The number of hydrogen-bond acceptors (Lipinski definition) is 2. The van der Waals surface area contributed by atoms with Crippen LogP contribution in [0.1, 0.15) is 25.0 Å². The Bertz CT molecular complexity index is 353. The third kappa shape index (κ3) is 4.00. The minimum atomic E-state index is 0.331. The van der Waals surface area contributed by atoms with Crippen LogP contribution in [0.15, 0.2) is 16.6 Å². The summed E-state index contributed by atoms with van der Waals surface area (Å²) in [4.78, 5) is 0. The summed E-state index contributed by atoms with van der Waals surface area (Å²) < 4.78 is 6.39. The normalized spacial score (nSPS) is 12.9. The first-order valence-electron chi connectivity index (χ1n) is 5.98. The van der Waals surface area contributed by atoms with Crippen LogP contribution < -0.4 is 5.32 Å². The predicted molar refractivity (Wildman–Crippen MR) is 77.7 cm³/mol. The lowest BCUT2D eigenvalue weighted by atomic mass is 10.0. The number of anilines is 1. The van der Waals surface area contributed by atoms with E-state index in [0.29, 0.717) is 12.0 Å². The molecule has 0 amide bonds. The molecule has 17 heavy (non-hydrogen) atoms. The molecule has 1 N–H and O–H groups in total. The first-order valence-corrected chi connectivity index (χ1v) is 6.77. The molecule has 1 aromatic carbocycles. The number of nitrogens with one attached hydrogen (secondary N) is 1. The number of aryl methyl sites for hydroxylation is 2. The lowest BCUT2D eigenvalue weighted by molar-refractivity contribution is 0.171. The van der Waals surface area contributed by atoms with Crippen LogP contribution in [-0.2, 0) is 4.74 Å². The summed E-state index contributed by atoms with van der Waals surface area (Å²) in [6.07, 6.45) is 0. The van der Waals surface area contributed by atoms with Crippen LogP contribution in [0, 0.1) is 19.8 Å². The Morgan fingerprint density at radius 1 is 1.29 bits per heavy atom. The highest BCUT2D eigenvalue weighted by Crippen LogP contribution is 2.29. The van der Waals surface area contributed by atoms with Crippen molar-refractivity contribution in [2.24, 2.45) is 5.92 Å². The maximum Gasteiger partial charge on any atom is 0.0666 e. The molecule has 1 rings (SSSR count). The largest absolute Gasteiger partial charge is 0.383 e. The molecule has 0 aromatic heterocycles.